The van der Waals surface area contributed by atoms with Crippen molar-refractivity contribution in [2.24, 2.45) is 0 Å². The average molecular weight is 419 g/mol. The van der Waals surface area contributed by atoms with Gasteiger partial charge in [-0.1, -0.05) is 61.0 Å². The van der Waals surface area contributed by atoms with Gasteiger partial charge in [0.1, 0.15) is 6.61 Å². The lowest BCUT2D eigenvalue weighted by Gasteiger charge is -2.19. The first-order valence-corrected chi connectivity index (χ1v) is 9.01. The van der Waals surface area contributed by atoms with Gasteiger partial charge in [-0.15, -0.1) is 0 Å². The highest BCUT2D eigenvalue weighted by Crippen LogP contribution is 2.36. The quantitative estimate of drug-likeness (QED) is 0.635. The summed E-state index contributed by atoms with van der Waals surface area (Å²) in [7, 11) is 1.55. The van der Waals surface area contributed by atoms with Crippen LogP contribution >= 0.6 is 15.9 Å². The van der Waals surface area contributed by atoms with Crippen molar-refractivity contribution in [1.29, 1.82) is 0 Å². The molecule has 0 unspecified atom stereocenters. The number of carboxylic acid groups (broad SMARTS) is 1. The molecule has 26 heavy (non-hydrogen) atoms. The number of hydrogen-bond acceptors (Lipinski definition) is 3. The third kappa shape index (κ3) is 5.36. The van der Waals surface area contributed by atoms with Crippen LogP contribution in [0.2, 0.25) is 0 Å². The van der Waals surface area contributed by atoms with Crippen LogP contribution in [0.3, 0.4) is 0 Å². The van der Waals surface area contributed by atoms with E-state index in [0.717, 1.165) is 16.1 Å². The Balaban J connectivity index is 2.26. The lowest BCUT2D eigenvalue weighted by molar-refractivity contribution is -0.131. The van der Waals surface area contributed by atoms with Crippen LogP contribution in [0.25, 0.3) is 6.08 Å². The topological polar surface area (TPSA) is 55.8 Å². The summed E-state index contributed by atoms with van der Waals surface area (Å²) in [4.78, 5) is 10.8. The van der Waals surface area contributed by atoms with Gasteiger partial charge in [-0.2, -0.15) is 0 Å². The molecule has 0 saturated heterocycles. The molecule has 0 aromatic heterocycles. The van der Waals surface area contributed by atoms with Crippen molar-refractivity contribution in [2.45, 2.75) is 32.8 Å². The third-order valence-electron chi connectivity index (χ3n) is 3.88. The van der Waals surface area contributed by atoms with E-state index in [-0.39, 0.29) is 5.41 Å². The molecule has 0 aliphatic carbocycles. The maximum atomic E-state index is 10.8. The molecule has 0 fully saturated rings. The maximum absolute atomic E-state index is 10.8. The van der Waals surface area contributed by atoms with Gasteiger partial charge in [0, 0.05) is 16.1 Å². The Bertz CT molecular complexity index is 802. The monoisotopic (exact) mass is 418 g/mol. The van der Waals surface area contributed by atoms with E-state index in [4.69, 9.17) is 14.6 Å². The molecule has 0 aliphatic heterocycles. The zero-order valence-electron chi connectivity index (χ0n) is 15.4. The molecule has 138 valence electrons. The fraction of sp³-hybridized carbons (Fsp3) is 0.286. The smallest absolute Gasteiger partial charge is 0.328 e. The standard InChI is InChI=1S/C21H23BrO4/c1-21(2,3)16-8-5-14(6-9-16)13-26-20-15(7-10-19(23)24)11-17(22)12-18(20)25-4/h5-12H,13H2,1-4H3,(H,23,24). The average Bonchev–Trinajstić information content (AvgIpc) is 2.57. The van der Waals surface area contributed by atoms with Crippen molar-refractivity contribution in [2.75, 3.05) is 7.11 Å². The molecule has 0 radical (unpaired) electrons. The minimum absolute atomic E-state index is 0.100. The Morgan fingerprint density at radius 2 is 1.85 bits per heavy atom. The molecule has 0 heterocycles. The Labute approximate surface area is 162 Å². The van der Waals surface area contributed by atoms with E-state index in [0.29, 0.717) is 23.7 Å². The van der Waals surface area contributed by atoms with Gasteiger partial charge < -0.3 is 14.6 Å². The summed E-state index contributed by atoms with van der Waals surface area (Å²) in [6.07, 6.45) is 2.57. The predicted octanol–water partition coefficient (Wildman–Crippen LogP) is 5.43. The van der Waals surface area contributed by atoms with Crippen LogP contribution in [-0.2, 0) is 16.8 Å². The number of carbonyl (C=O) groups is 1. The first kappa shape index (κ1) is 20.0. The summed E-state index contributed by atoms with van der Waals surface area (Å²) in [6, 6.07) is 11.9. The first-order valence-electron chi connectivity index (χ1n) is 8.21. The van der Waals surface area contributed by atoms with E-state index >= 15 is 0 Å². The highest BCUT2D eigenvalue weighted by molar-refractivity contribution is 9.10. The molecule has 0 saturated carbocycles. The van der Waals surface area contributed by atoms with E-state index in [1.54, 1.807) is 19.2 Å². The van der Waals surface area contributed by atoms with Crippen molar-refractivity contribution in [3.8, 4) is 11.5 Å². The summed E-state index contributed by atoms with van der Waals surface area (Å²) < 4.78 is 12.1. The number of benzene rings is 2. The van der Waals surface area contributed by atoms with Gasteiger partial charge in [0.2, 0.25) is 0 Å². The molecule has 0 atom stereocenters. The minimum atomic E-state index is -1.02. The van der Waals surface area contributed by atoms with E-state index in [2.05, 4.69) is 48.8 Å². The lowest BCUT2D eigenvalue weighted by atomic mass is 9.87. The van der Waals surface area contributed by atoms with Gasteiger partial charge in [-0.3, -0.25) is 0 Å². The second kappa shape index (κ2) is 8.41. The number of hydrogen-bond donors (Lipinski definition) is 1. The molecule has 5 heteroatoms. The zero-order valence-corrected chi connectivity index (χ0v) is 17.0. The predicted molar refractivity (Wildman–Crippen MR) is 107 cm³/mol. The van der Waals surface area contributed by atoms with Crippen molar-refractivity contribution in [1.82, 2.24) is 0 Å². The fourth-order valence-corrected chi connectivity index (χ4v) is 2.89. The summed E-state index contributed by atoms with van der Waals surface area (Å²) in [5.41, 5.74) is 3.01. The van der Waals surface area contributed by atoms with Gasteiger partial charge in [-0.25, -0.2) is 4.79 Å². The molecule has 1 N–H and O–H groups in total. The number of rotatable bonds is 6. The maximum Gasteiger partial charge on any atom is 0.328 e. The van der Waals surface area contributed by atoms with Crippen LogP contribution < -0.4 is 9.47 Å². The molecule has 0 bridgehead atoms. The molecule has 0 aliphatic rings. The molecule has 2 aromatic rings. The minimum Gasteiger partial charge on any atom is -0.493 e. The van der Waals surface area contributed by atoms with Crippen molar-refractivity contribution >= 4 is 28.0 Å². The molecular weight excluding hydrogens is 396 g/mol. The molecule has 2 aromatic carbocycles. The Hall–Kier alpha value is -2.27. The highest BCUT2D eigenvalue weighted by atomic mass is 79.9. The Morgan fingerprint density at radius 1 is 1.19 bits per heavy atom. The van der Waals surface area contributed by atoms with Gasteiger partial charge >= 0.3 is 5.97 Å². The van der Waals surface area contributed by atoms with Crippen LogP contribution in [-0.4, -0.2) is 18.2 Å². The Kier molecular flexibility index (Phi) is 6.48. The summed E-state index contributed by atoms with van der Waals surface area (Å²) in [5, 5.41) is 8.89. The van der Waals surface area contributed by atoms with Crippen LogP contribution in [0, 0.1) is 0 Å². The van der Waals surface area contributed by atoms with Crippen molar-refractivity contribution in [3.05, 3.63) is 63.6 Å². The van der Waals surface area contributed by atoms with Crippen molar-refractivity contribution < 1.29 is 19.4 Å². The number of carboxylic acids is 1. The summed E-state index contributed by atoms with van der Waals surface area (Å²) in [6.45, 7) is 6.88. The lowest BCUT2D eigenvalue weighted by Crippen LogP contribution is -2.10. The molecule has 4 nitrogen and oxygen atoms in total. The SMILES string of the molecule is COc1cc(Br)cc(C=CC(=O)O)c1OCc1ccc(C(C)(C)C)cc1. The molecular formula is C21H23BrO4. The first-order chi connectivity index (χ1) is 12.2. The normalized spacial score (nSPS) is 11.6. The third-order valence-corrected chi connectivity index (χ3v) is 4.33. The van der Waals surface area contributed by atoms with E-state index in [1.165, 1.54) is 11.6 Å². The number of halogens is 1. The van der Waals surface area contributed by atoms with E-state index < -0.39 is 5.97 Å². The second-order valence-electron chi connectivity index (χ2n) is 6.93. The van der Waals surface area contributed by atoms with Crippen LogP contribution in [0.4, 0.5) is 0 Å². The van der Waals surface area contributed by atoms with Crippen LogP contribution in [0.1, 0.15) is 37.5 Å². The zero-order chi connectivity index (χ0) is 19.3. The van der Waals surface area contributed by atoms with Gasteiger partial charge in [0.05, 0.1) is 7.11 Å². The highest BCUT2D eigenvalue weighted by Gasteiger charge is 2.14. The molecule has 2 rings (SSSR count). The van der Waals surface area contributed by atoms with Crippen molar-refractivity contribution in [3.63, 3.8) is 0 Å². The van der Waals surface area contributed by atoms with E-state index in [1.807, 2.05) is 12.1 Å². The summed E-state index contributed by atoms with van der Waals surface area (Å²) in [5.74, 6) is 0.0245. The fourth-order valence-electron chi connectivity index (χ4n) is 2.44. The number of methoxy groups -OCH3 is 1. The number of ether oxygens (including phenoxy) is 2. The largest absolute Gasteiger partial charge is 0.493 e. The molecule has 0 amide bonds. The van der Waals surface area contributed by atoms with Crippen LogP contribution in [0.15, 0.2) is 46.9 Å². The van der Waals surface area contributed by atoms with E-state index in [9.17, 15) is 4.79 Å². The van der Waals surface area contributed by atoms with Crippen LogP contribution in [0.5, 0.6) is 11.5 Å². The Morgan fingerprint density at radius 3 is 2.38 bits per heavy atom. The van der Waals surface area contributed by atoms with Gasteiger partial charge in [0.15, 0.2) is 11.5 Å². The summed E-state index contributed by atoms with van der Waals surface area (Å²) >= 11 is 3.40. The molecule has 0 spiro atoms. The number of aliphatic carboxylic acids is 1. The van der Waals surface area contributed by atoms with Gasteiger partial charge in [0.25, 0.3) is 0 Å². The van der Waals surface area contributed by atoms with Gasteiger partial charge in [-0.05, 0) is 34.8 Å². The second-order valence-corrected chi connectivity index (χ2v) is 7.85.